The van der Waals surface area contributed by atoms with Crippen molar-refractivity contribution >= 4 is 11.6 Å². The number of benzene rings is 1. The highest BCUT2D eigenvalue weighted by atomic mass is 19.3. The van der Waals surface area contributed by atoms with Gasteiger partial charge in [0.25, 0.3) is 0 Å². The molecule has 3 rings (SSSR count). The van der Waals surface area contributed by atoms with Crippen molar-refractivity contribution in [3.63, 3.8) is 0 Å². The first-order chi connectivity index (χ1) is 13.1. The van der Waals surface area contributed by atoms with Gasteiger partial charge in [0.05, 0.1) is 13.5 Å². The van der Waals surface area contributed by atoms with Gasteiger partial charge < -0.3 is 19.3 Å². The zero-order valence-corrected chi connectivity index (χ0v) is 14.8. The van der Waals surface area contributed by atoms with Gasteiger partial charge in [-0.3, -0.25) is 4.79 Å². The number of nitrogens with zero attached hydrogens (tertiary/aromatic N) is 4. The van der Waals surface area contributed by atoms with Crippen molar-refractivity contribution in [3.05, 3.63) is 42.5 Å². The molecule has 27 heavy (non-hydrogen) atoms. The summed E-state index contributed by atoms with van der Waals surface area (Å²) in [7, 11) is 1.40. The number of carbonyl (C=O) groups excluding carboxylic acids is 1. The number of ether oxygens (including phenoxy) is 2. The average Bonchev–Trinajstić information content (AvgIpc) is 2.68. The molecule has 0 unspecified atom stereocenters. The lowest BCUT2D eigenvalue weighted by molar-refractivity contribution is -0.130. The molecule has 1 aromatic carbocycles. The number of anilines is 1. The summed E-state index contributed by atoms with van der Waals surface area (Å²) in [5, 5.41) is 0. The van der Waals surface area contributed by atoms with E-state index in [-0.39, 0.29) is 23.8 Å². The Bertz CT molecular complexity index is 768. The Kier molecular flexibility index (Phi) is 6.00. The van der Waals surface area contributed by atoms with Crippen molar-refractivity contribution in [1.82, 2.24) is 14.9 Å². The van der Waals surface area contributed by atoms with E-state index in [1.165, 1.54) is 13.2 Å². The molecule has 1 aromatic heterocycles. The summed E-state index contributed by atoms with van der Waals surface area (Å²) in [6.45, 7) is -0.696. The van der Waals surface area contributed by atoms with Crippen molar-refractivity contribution in [1.29, 1.82) is 0 Å². The van der Waals surface area contributed by atoms with Crippen LogP contribution in [-0.4, -0.2) is 60.7 Å². The Balaban J connectivity index is 1.61. The second-order valence-electron chi connectivity index (χ2n) is 5.92. The Labute approximate surface area is 155 Å². The molecule has 1 aliphatic rings. The van der Waals surface area contributed by atoms with Crippen molar-refractivity contribution in [3.8, 4) is 11.5 Å². The number of piperazine rings is 1. The fraction of sp³-hybridized carbons (Fsp3) is 0.389. The lowest BCUT2D eigenvalue weighted by Crippen LogP contribution is -2.49. The fourth-order valence-electron chi connectivity index (χ4n) is 2.93. The molecule has 0 aliphatic carbocycles. The number of hydrogen-bond acceptors (Lipinski definition) is 6. The predicted molar refractivity (Wildman–Crippen MR) is 94.2 cm³/mol. The third kappa shape index (κ3) is 4.81. The summed E-state index contributed by atoms with van der Waals surface area (Å²) in [6, 6.07) is 6.61. The van der Waals surface area contributed by atoms with E-state index in [0.29, 0.717) is 32.0 Å². The van der Waals surface area contributed by atoms with Gasteiger partial charge in [-0.15, -0.1) is 0 Å². The molecule has 9 heteroatoms. The number of rotatable bonds is 6. The number of amides is 1. The smallest absolute Gasteiger partial charge is 0.387 e. The SMILES string of the molecule is COc1ccc(N2CCN(C(=O)Cc3ncccn3)CC2)cc1OC(F)F. The molecule has 7 nitrogen and oxygen atoms in total. The molecule has 1 aliphatic heterocycles. The molecule has 2 heterocycles. The van der Waals surface area contributed by atoms with Crippen LogP contribution in [0.3, 0.4) is 0 Å². The van der Waals surface area contributed by atoms with E-state index in [1.807, 2.05) is 4.90 Å². The van der Waals surface area contributed by atoms with Gasteiger partial charge in [0.1, 0.15) is 5.82 Å². The van der Waals surface area contributed by atoms with Gasteiger partial charge >= 0.3 is 6.61 Å². The molecule has 0 N–H and O–H groups in total. The molecule has 2 aromatic rings. The maximum Gasteiger partial charge on any atom is 0.387 e. The Morgan fingerprint density at radius 2 is 1.85 bits per heavy atom. The molecular weight excluding hydrogens is 358 g/mol. The summed E-state index contributed by atoms with van der Waals surface area (Å²) in [4.78, 5) is 24.3. The number of methoxy groups -OCH3 is 1. The minimum absolute atomic E-state index is 0.00951. The van der Waals surface area contributed by atoms with Gasteiger partial charge in [-0.05, 0) is 18.2 Å². The topological polar surface area (TPSA) is 67.8 Å². The van der Waals surface area contributed by atoms with Gasteiger partial charge in [-0.2, -0.15) is 8.78 Å². The molecule has 1 saturated heterocycles. The first-order valence-electron chi connectivity index (χ1n) is 8.48. The lowest BCUT2D eigenvalue weighted by atomic mass is 10.2. The highest BCUT2D eigenvalue weighted by Crippen LogP contribution is 2.33. The molecule has 1 fully saturated rings. The van der Waals surface area contributed by atoms with E-state index >= 15 is 0 Å². The van der Waals surface area contributed by atoms with Crippen LogP contribution in [0.25, 0.3) is 0 Å². The third-order valence-electron chi connectivity index (χ3n) is 4.29. The van der Waals surface area contributed by atoms with Crippen molar-refractivity contribution in [2.45, 2.75) is 13.0 Å². The number of hydrogen-bond donors (Lipinski definition) is 0. The highest BCUT2D eigenvalue weighted by Gasteiger charge is 2.23. The van der Waals surface area contributed by atoms with E-state index in [2.05, 4.69) is 14.7 Å². The second-order valence-corrected chi connectivity index (χ2v) is 5.92. The molecular formula is C18H20F2N4O3. The van der Waals surface area contributed by atoms with Crippen LogP contribution in [0.5, 0.6) is 11.5 Å². The second kappa shape index (κ2) is 8.61. The van der Waals surface area contributed by atoms with Gasteiger partial charge in [0, 0.05) is 50.3 Å². The Morgan fingerprint density at radius 1 is 1.15 bits per heavy atom. The van der Waals surface area contributed by atoms with Gasteiger partial charge in [-0.1, -0.05) is 0 Å². The minimum Gasteiger partial charge on any atom is -0.493 e. The quantitative estimate of drug-likeness (QED) is 0.766. The third-order valence-corrected chi connectivity index (χ3v) is 4.29. The van der Waals surface area contributed by atoms with E-state index in [1.54, 1.807) is 35.5 Å². The Morgan fingerprint density at radius 3 is 2.48 bits per heavy atom. The molecule has 144 valence electrons. The highest BCUT2D eigenvalue weighted by molar-refractivity contribution is 5.78. The first kappa shape index (κ1) is 18.8. The monoisotopic (exact) mass is 378 g/mol. The summed E-state index contributed by atoms with van der Waals surface area (Å²) in [6.07, 6.45) is 3.38. The minimum atomic E-state index is -2.93. The maximum absolute atomic E-state index is 12.6. The van der Waals surface area contributed by atoms with Crippen LogP contribution in [0.2, 0.25) is 0 Å². The first-order valence-corrected chi connectivity index (χ1v) is 8.48. The van der Waals surface area contributed by atoms with E-state index < -0.39 is 6.61 Å². The van der Waals surface area contributed by atoms with Crippen molar-refractivity contribution in [2.24, 2.45) is 0 Å². The molecule has 0 atom stereocenters. The number of alkyl halides is 2. The summed E-state index contributed by atoms with van der Waals surface area (Å²) < 4.78 is 34.8. The van der Waals surface area contributed by atoms with Crippen LogP contribution in [0.4, 0.5) is 14.5 Å². The maximum atomic E-state index is 12.6. The van der Waals surface area contributed by atoms with Crippen LogP contribution in [0, 0.1) is 0 Å². The molecule has 0 spiro atoms. The van der Waals surface area contributed by atoms with Crippen molar-refractivity contribution < 1.29 is 23.0 Å². The van der Waals surface area contributed by atoms with Crippen LogP contribution in [-0.2, 0) is 11.2 Å². The molecule has 0 radical (unpaired) electrons. The normalized spacial score (nSPS) is 14.4. The van der Waals surface area contributed by atoms with Crippen LogP contribution < -0.4 is 14.4 Å². The summed E-state index contributed by atoms with van der Waals surface area (Å²) in [5.74, 6) is 0.701. The summed E-state index contributed by atoms with van der Waals surface area (Å²) >= 11 is 0. The van der Waals surface area contributed by atoms with Crippen LogP contribution in [0.1, 0.15) is 5.82 Å². The van der Waals surface area contributed by atoms with Crippen LogP contribution >= 0.6 is 0 Å². The number of halogens is 2. The fourth-order valence-corrected chi connectivity index (χ4v) is 2.93. The van der Waals surface area contributed by atoms with Crippen LogP contribution in [0.15, 0.2) is 36.7 Å². The zero-order chi connectivity index (χ0) is 19.2. The Hall–Kier alpha value is -2.97. The van der Waals surface area contributed by atoms with Gasteiger partial charge in [-0.25, -0.2) is 9.97 Å². The predicted octanol–water partition coefficient (Wildman–Crippen LogP) is 1.98. The van der Waals surface area contributed by atoms with E-state index in [4.69, 9.17) is 4.74 Å². The van der Waals surface area contributed by atoms with E-state index in [9.17, 15) is 13.6 Å². The molecule has 0 bridgehead atoms. The number of carbonyl (C=O) groups is 1. The lowest BCUT2D eigenvalue weighted by Gasteiger charge is -2.36. The zero-order valence-electron chi connectivity index (χ0n) is 14.8. The standard InChI is InChI=1S/C18H20F2N4O3/c1-26-14-4-3-13(11-15(14)27-18(19)20)23-7-9-24(10-8-23)17(25)12-16-21-5-2-6-22-16/h2-6,11,18H,7-10,12H2,1H3. The van der Waals surface area contributed by atoms with E-state index in [0.717, 1.165) is 5.69 Å². The number of aromatic nitrogens is 2. The summed E-state index contributed by atoms with van der Waals surface area (Å²) in [5.41, 5.74) is 0.741. The van der Waals surface area contributed by atoms with Gasteiger partial charge in [0.2, 0.25) is 5.91 Å². The average molecular weight is 378 g/mol. The largest absolute Gasteiger partial charge is 0.493 e. The molecule has 0 saturated carbocycles. The van der Waals surface area contributed by atoms with Crippen molar-refractivity contribution in [2.75, 3.05) is 38.2 Å². The molecule has 1 amide bonds. The van der Waals surface area contributed by atoms with Gasteiger partial charge in [0.15, 0.2) is 11.5 Å².